The topological polar surface area (TPSA) is 296 Å². The fourth-order valence-electron chi connectivity index (χ4n) is 5.66. The van der Waals surface area contributed by atoms with Crippen LogP contribution in [0.1, 0.15) is 41.5 Å². The first-order chi connectivity index (χ1) is 21.7. The molecule has 22 heteroatoms. The van der Waals surface area contributed by atoms with Crippen LogP contribution >= 0.6 is 0 Å². The van der Waals surface area contributed by atoms with Crippen LogP contribution in [0.15, 0.2) is 0 Å². The van der Waals surface area contributed by atoms with Gasteiger partial charge < -0.3 is 73.8 Å². The second-order valence-corrected chi connectivity index (χ2v) is 13.5. The maximum Gasteiger partial charge on any atom is 1.00 e. The van der Waals surface area contributed by atoms with Crippen molar-refractivity contribution in [2.75, 3.05) is 27.2 Å². The van der Waals surface area contributed by atoms with E-state index in [1.807, 2.05) is 0 Å². The van der Waals surface area contributed by atoms with Crippen molar-refractivity contribution < 1.29 is 162 Å². The molecule has 0 radical (unpaired) electrons. The van der Waals surface area contributed by atoms with Gasteiger partial charge in [-0.3, -0.25) is 21.7 Å². The van der Waals surface area contributed by atoms with E-state index >= 15 is 0 Å². The third kappa shape index (κ3) is 14.5. The summed E-state index contributed by atoms with van der Waals surface area (Å²) in [6.07, 6.45) is -20.1. The average Bonchev–Trinajstić information content (AvgIpc) is 2.94. The maximum absolute atomic E-state index is 12.6. The summed E-state index contributed by atoms with van der Waals surface area (Å²) in [6, 6.07) is 0. The fourth-order valence-corrected chi connectivity index (χ4v) is 5.66. The standard InChI is InChI=1S/C28H52N4O15.3Na/c1-27(2,3)14-16(34)18(36)25(46-21(14)24(41)42)44-12(10-32-30-8)19(22(37)38)43-11(9-31-29-7)13-15(33)17(35)26(47-28(4,5)6)45-20(13)23(39)40;;;/h11-21,25-26,29-36H,9-10H2,1-8H3,(H,37,38)(H,39,40)(H,41,42);;;/q;3*+1/p-3/t11?,12?,13-,14-,15-,16-,17?,18?,19?,20?,21?,25-,26+;;;/m1.../s1. The first-order valence-electron chi connectivity index (χ1n) is 15.1. The normalized spacial score (nSPS) is 31.9. The molecular weight excluding hydrogens is 701 g/mol. The summed E-state index contributed by atoms with van der Waals surface area (Å²) >= 11 is 0. The first-order valence-corrected chi connectivity index (χ1v) is 15.1. The Morgan fingerprint density at radius 2 is 1.22 bits per heavy atom. The molecular formula is C28H49N4Na3O15. The van der Waals surface area contributed by atoms with Crippen molar-refractivity contribution in [3.8, 4) is 0 Å². The number of aliphatic hydroxyl groups excluding tert-OH is 4. The Morgan fingerprint density at radius 1 is 0.740 bits per heavy atom. The van der Waals surface area contributed by atoms with Gasteiger partial charge in [-0.1, -0.05) is 20.8 Å². The zero-order valence-electron chi connectivity index (χ0n) is 30.7. The summed E-state index contributed by atoms with van der Waals surface area (Å²) in [5.74, 6) is -8.29. The third-order valence-corrected chi connectivity index (χ3v) is 7.78. The van der Waals surface area contributed by atoms with Gasteiger partial charge in [-0.05, 0) is 40.3 Å². The molecule has 0 aromatic rings. The quantitative estimate of drug-likeness (QED) is 0.0537. The van der Waals surface area contributed by atoms with Crippen molar-refractivity contribution >= 4 is 17.9 Å². The van der Waals surface area contributed by atoms with Crippen LogP contribution in [0.3, 0.4) is 0 Å². The van der Waals surface area contributed by atoms with E-state index in [-0.39, 0.29) is 95.2 Å². The summed E-state index contributed by atoms with van der Waals surface area (Å²) in [7, 11) is 2.87. The summed E-state index contributed by atoms with van der Waals surface area (Å²) in [4.78, 5) is 36.8. The van der Waals surface area contributed by atoms with E-state index in [1.165, 1.54) is 14.1 Å². The van der Waals surface area contributed by atoms with Gasteiger partial charge in [0.15, 0.2) is 12.6 Å². The van der Waals surface area contributed by atoms with Crippen LogP contribution in [-0.2, 0) is 38.1 Å². The second-order valence-electron chi connectivity index (χ2n) is 13.5. The Morgan fingerprint density at radius 3 is 1.66 bits per heavy atom. The van der Waals surface area contributed by atoms with Gasteiger partial charge >= 0.3 is 88.7 Å². The number of carboxylic acid groups (broad SMARTS) is 3. The van der Waals surface area contributed by atoms with Gasteiger partial charge in [0.05, 0.1) is 41.8 Å². The predicted octanol–water partition coefficient (Wildman–Crippen LogP) is -16.2. The number of ether oxygens (including phenoxy) is 5. The van der Waals surface area contributed by atoms with Crippen molar-refractivity contribution in [2.24, 2.45) is 17.3 Å². The van der Waals surface area contributed by atoms with Crippen molar-refractivity contribution in [1.29, 1.82) is 0 Å². The number of nitrogens with one attached hydrogen (secondary N) is 4. The Kier molecular flexibility index (Phi) is 24.5. The summed E-state index contributed by atoms with van der Waals surface area (Å²) in [5, 5.41) is 80.6. The smallest absolute Gasteiger partial charge is 0.547 e. The minimum absolute atomic E-state index is 0. The molecule has 2 aliphatic rings. The molecule has 274 valence electrons. The predicted molar refractivity (Wildman–Crippen MR) is 151 cm³/mol. The van der Waals surface area contributed by atoms with Gasteiger partial charge in [0.1, 0.15) is 36.6 Å². The number of carboxylic acids is 3. The molecule has 2 fully saturated rings. The number of rotatable bonds is 16. The number of hydrogen-bond acceptors (Lipinski definition) is 19. The van der Waals surface area contributed by atoms with Crippen LogP contribution < -0.4 is 126 Å². The summed E-state index contributed by atoms with van der Waals surface area (Å²) in [5.41, 5.74) is 8.49. The number of hydrogen-bond donors (Lipinski definition) is 8. The molecule has 8 N–H and O–H groups in total. The van der Waals surface area contributed by atoms with Crippen LogP contribution in [0, 0.1) is 17.3 Å². The molecule has 2 rings (SSSR count). The van der Waals surface area contributed by atoms with Gasteiger partial charge in [-0.2, -0.15) is 0 Å². The molecule has 0 aromatic carbocycles. The molecule has 50 heavy (non-hydrogen) atoms. The van der Waals surface area contributed by atoms with E-state index in [1.54, 1.807) is 41.5 Å². The molecule has 0 bridgehead atoms. The van der Waals surface area contributed by atoms with Crippen LogP contribution in [0.2, 0.25) is 0 Å². The Labute approximate surface area is 358 Å². The van der Waals surface area contributed by atoms with Crippen LogP contribution in [0.5, 0.6) is 0 Å². The average molecular weight is 751 g/mol. The molecule has 2 saturated heterocycles. The van der Waals surface area contributed by atoms with Crippen molar-refractivity contribution in [2.45, 2.75) is 115 Å². The van der Waals surface area contributed by atoms with E-state index in [2.05, 4.69) is 21.7 Å². The van der Waals surface area contributed by atoms with Crippen LogP contribution in [-0.4, -0.2) is 139 Å². The van der Waals surface area contributed by atoms with Crippen LogP contribution in [0.25, 0.3) is 0 Å². The van der Waals surface area contributed by atoms with Gasteiger partial charge in [-0.25, -0.2) is 0 Å². The van der Waals surface area contributed by atoms with Gasteiger partial charge in [-0.15, -0.1) is 0 Å². The molecule has 0 saturated carbocycles. The number of hydrazine groups is 2. The number of aliphatic carboxylic acids is 3. The molecule has 0 aliphatic carbocycles. The molecule has 13 atom stereocenters. The zero-order chi connectivity index (χ0) is 36.0. The third-order valence-electron chi connectivity index (χ3n) is 7.78. The molecule has 0 aromatic heterocycles. The second kappa shape index (κ2) is 23.1. The van der Waals surface area contributed by atoms with Gasteiger partial charge in [0.25, 0.3) is 0 Å². The Hall–Kier alpha value is 0.890. The van der Waals surface area contributed by atoms with E-state index in [0.29, 0.717) is 0 Å². The van der Waals surface area contributed by atoms with E-state index in [4.69, 9.17) is 23.7 Å². The van der Waals surface area contributed by atoms with Crippen molar-refractivity contribution in [3.05, 3.63) is 0 Å². The van der Waals surface area contributed by atoms with E-state index in [9.17, 15) is 50.1 Å². The molecule has 19 nitrogen and oxygen atoms in total. The van der Waals surface area contributed by atoms with Crippen LogP contribution in [0.4, 0.5) is 0 Å². The molecule has 7 unspecified atom stereocenters. The Bertz CT molecular complexity index is 1060. The van der Waals surface area contributed by atoms with Gasteiger partial charge in [0.2, 0.25) is 0 Å². The zero-order valence-corrected chi connectivity index (χ0v) is 36.7. The molecule has 2 aliphatic heterocycles. The maximum atomic E-state index is 12.6. The summed E-state index contributed by atoms with van der Waals surface area (Å²) in [6.45, 7) is 8.84. The summed E-state index contributed by atoms with van der Waals surface area (Å²) < 4.78 is 28.1. The molecule has 0 spiro atoms. The van der Waals surface area contributed by atoms with Crippen molar-refractivity contribution in [3.63, 3.8) is 0 Å². The number of aliphatic hydroxyl groups is 4. The fraction of sp³-hybridized carbons (Fsp3) is 0.893. The minimum Gasteiger partial charge on any atom is -0.547 e. The Balaban J connectivity index is 0. The van der Waals surface area contributed by atoms with Crippen molar-refractivity contribution in [1.82, 2.24) is 21.7 Å². The largest absolute Gasteiger partial charge is 1.00 e. The van der Waals surface area contributed by atoms with E-state index < -0.39 is 115 Å². The number of carbonyl (C=O) groups is 3. The molecule has 2 heterocycles. The van der Waals surface area contributed by atoms with Gasteiger partial charge in [0, 0.05) is 24.9 Å². The number of carbonyl (C=O) groups excluding carboxylic acids is 3. The monoisotopic (exact) mass is 750 g/mol. The van der Waals surface area contributed by atoms with E-state index in [0.717, 1.165) is 0 Å². The first kappa shape index (κ1) is 53.0. The molecule has 0 amide bonds. The SMILES string of the molecule is CNNCC(O[C@@H]1OC(C(=O)[O-])[C@H](C(C)(C)C)[C@@H](O)C1O)C(OC(CNNC)[C@H]1C(C(=O)[O-])O[C@@H](OC(C)(C)C)C(O)[C@@H]1O)C(=O)[O-].[Na+].[Na+].[Na+]. The minimum atomic E-state index is -2.15.